The van der Waals surface area contributed by atoms with Gasteiger partial charge in [0, 0.05) is 0 Å². The molecule has 0 saturated carbocycles. The van der Waals surface area contributed by atoms with Gasteiger partial charge in [0.05, 0.1) is 0 Å². The Hall–Kier alpha value is -0.620. The van der Waals surface area contributed by atoms with E-state index >= 15 is 0 Å². The number of cyclic esters (lactones) is 1. The van der Waals surface area contributed by atoms with Crippen molar-refractivity contribution in [1.29, 1.82) is 0 Å². The molecule has 1 N–H and O–H groups in total. The highest BCUT2D eigenvalue weighted by atomic mass is 79.9. The number of hydrogen-bond acceptors (Lipinski definition) is 4. The number of alkyl carbamates (subject to hydrolysis) is 1. The summed E-state index contributed by atoms with van der Waals surface area (Å²) in [5.74, 6) is -0.565. The van der Waals surface area contributed by atoms with Crippen molar-refractivity contribution >= 4 is 27.9 Å². The Kier molecular flexibility index (Phi) is 2.23. The number of ether oxygens (including phenoxy) is 2. The van der Waals surface area contributed by atoms with Crippen molar-refractivity contribution in [2.75, 3.05) is 5.52 Å². The van der Waals surface area contributed by atoms with E-state index in [9.17, 15) is 9.59 Å². The molecule has 1 aliphatic heterocycles. The van der Waals surface area contributed by atoms with E-state index in [4.69, 9.17) is 0 Å². The number of carbonyl (C=O) groups is 2. The lowest BCUT2D eigenvalue weighted by molar-refractivity contribution is -0.142. The molecule has 5 nitrogen and oxygen atoms in total. The molecule has 1 unspecified atom stereocenters. The lowest BCUT2D eigenvalue weighted by Crippen LogP contribution is -2.26. The molecule has 0 aliphatic carbocycles. The molecule has 1 atom stereocenters. The summed E-state index contributed by atoms with van der Waals surface area (Å²) >= 11 is 2.91. The van der Waals surface area contributed by atoms with Crippen molar-refractivity contribution in [2.24, 2.45) is 0 Å². The molecular weight excluding hydrogens is 206 g/mol. The molecule has 1 aliphatic rings. The van der Waals surface area contributed by atoms with E-state index in [1.165, 1.54) is 0 Å². The number of nitrogens with one attached hydrogen (secondary N) is 1. The first-order valence-electron chi connectivity index (χ1n) is 2.43. The predicted molar refractivity (Wildman–Crippen MR) is 33.3 cm³/mol. The van der Waals surface area contributed by atoms with Gasteiger partial charge < -0.3 is 9.47 Å². The van der Waals surface area contributed by atoms with Gasteiger partial charge in [0.25, 0.3) is 12.2 Å². The lowest BCUT2D eigenvalue weighted by Gasteiger charge is -2.02. The summed E-state index contributed by atoms with van der Waals surface area (Å²) in [5.41, 5.74) is 0.151. The Morgan fingerprint density at radius 2 is 2.40 bits per heavy atom. The first-order chi connectivity index (χ1) is 4.74. The van der Waals surface area contributed by atoms with Crippen molar-refractivity contribution in [2.45, 2.75) is 6.29 Å². The molecule has 1 rings (SSSR count). The number of alkyl halides is 1. The smallest absolute Gasteiger partial charge is 0.409 e. The fourth-order valence-corrected chi connectivity index (χ4v) is 0.747. The summed E-state index contributed by atoms with van der Waals surface area (Å²) in [7, 11) is 0. The number of imide groups is 1. The van der Waals surface area contributed by atoms with Crippen LogP contribution in [0.5, 0.6) is 0 Å². The van der Waals surface area contributed by atoms with E-state index < -0.39 is 18.3 Å². The molecule has 2 amide bonds. The van der Waals surface area contributed by atoms with Crippen LogP contribution in [0.15, 0.2) is 0 Å². The number of amides is 2. The Morgan fingerprint density at radius 1 is 1.70 bits per heavy atom. The average Bonchev–Trinajstić information content (AvgIpc) is 2.13. The number of hydrogen-bond donors (Lipinski definition) is 1. The van der Waals surface area contributed by atoms with E-state index in [2.05, 4.69) is 25.4 Å². The van der Waals surface area contributed by atoms with Gasteiger partial charge >= 0.3 is 6.09 Å². The molecule has 0 bridgehead atoms. The predicted octanol–water partition coefficient (Wildman–Crippen LogP) is -0.0521. The molecule has 0 aromatic rings. The summed E-state index contributed by atoms with van der Waals surface area (Å²) in [6, 6.07) is 0. The monoisotopic (exact) mass is 209 g/mol. The van der Waals surface area contributed by atoms with Crippen LogP contribution in [0.2, 0.25) is 0 Å². The Bertz CT molecular complexity index is 171. The quantitative estimate of drug-likeness (QED) is 0.648. The van der Waals surface area contributed by atoms with Crippen LogP contribution >= 0.6 is 15.9 Å². The maximum absolute atomic E-state index is 10.6. The van der Waals surface area contributed by atoms with E-state index in [0.717, 1.165) is 0 Å². The van der Waals surface area contributed by atoms with Gasteiger partial charge in [-0.3, -0.25) is 10.1 Å². The highest BCUT2D eigenvalue weighted by molar-refractivity contribution is 9.09. The highest BCUT2D eigenvalue weighted by Gasteiger charge is 2.32. The number of halogens is 1. The summed E-state index contributed by atoms with van der Waals surface area (Å²) in [6.45, 7) is 0. The molecule has 10 heavy (non-hydrogen) atoms. The van der Waals surface area contributed by atoms with Gasteiger partial charge in [0.15, 0.2) is 0 Å². The summed E-state index contributed by atoms with van der Waals surface area (Å²) in [6.07, 6.45) is -1.86. The largest absolute Gasteiger partial charge is 0.416 e. The van der Waals surface area contributed by atoms with Crippen LogP contribution in [0.25, 0.3) is 0 Å². The van der Waals surface area contributed by atoms with Gasteiger partial charge in [-0.2, -0.15) is 0 Å². The summed E-state index contributed by atoms with van der Waals surface area (Å²) in [4.78, 5) is 20.9. The maximum Gasteiger partial charge on any atom is 0.416 e. The second-order valence-electron chi connectivity index (χ2n) is 1.50. The molecule has 0 aromatic heterocycles. The zero-order chi connectivity index (χ0) is 7.56. The molecule has 56 valence electrons. The zero-order valence-corrected chi connectivity index (χ0v) is 6.38. The second kappa shape index (κ2) is 2.98. The van der Waals surface area contributed by atoms with Crippen LogP contribution in [0, 0.1) is 0 Å². The van der Waals surface area contributed by atoms with Gasteiger partial charge in [-0.25, -0.2) is 4.79 Å². The summed E-state index contributed by atoms with van der Waals surface area (Å²) in [5, 5.41) is 1.91. The van der Waals surface area contributed by atoms with Crippen molar-refractivity contribution in [3.63, 3.8) is 0 Å². The molecule has 0 radical (unpaired) electrons. The minimum absolute atomic E-state index is 0.151. The van der Waals surface area contributed by atoms with Gasteiger partial charge in [-0.15, -0.1) is 0 Å². The maximum atomic E-state index is 10.6. The third-order valence-electron chi connectivity index (χ3n) is 0.868. The van der Waals surface area contributed by atoms with Crippen molar-refractivity contribution in [3.8, 4) is 0 Å². The first kappa shape index (κ1) is 7.49. The van der Waals surface area contributed by atoms with Crippen LogP contribution in [-0.2, 0) is 14.3 Å². The minimum Gasteiger partial charge on any atom is -0.409 e. The Balaban J connectivity index is 2.46. The topological polar surface area (TPSA) is 64.6 Å². The van der Waals surface area contributed by atoms with Crippen LogP contribution in [-0.4, -0.2) is 23.8 Å². The van der Waals surface area contributed by atoms with Gasteiger partial charge in [0.2, 0.25) is 0 Å². The minimum atomic E-state index is -1.09. The fourth-order valence-electron chi connectivity index (χ4n) is 0.507. The average molecular weight is 210 g/mol. The van der Waals surface area contributed by atoms with Crippen molar-refractivity contribution < 1.29 is 19.1 Å². The van der Waals surface area contributed by atoms with Crippen LogP contribution in [0.4, 0.5) is 4.79 Å². The number of carbonyl (C=O) groups excluding carboxylic acids is 2. The molecule has 6 heteroatoms. The summed E-state index contributed by atoms with van der Waals surface area (Å²) < 4.78 is 9.01. The van der Waals surface area contributed by atoms with Gasteiger partial charge in [0.1, 0.15) is 5.52 Å². The second-order valence-corrected chi connectivity index (χ2v) is 1.96. The highest BCUT2D eigenvalue weighted by Crippen LogP contribution is 2.03. The SMILES string of the molecule is O=C1NC(=O)C(OCBr)O1. The molecule has 0 spiro atoms. The van der Waals surface area contributed by atoms with Crippen molar-refractivity contribution in [3.05, 3.63) is 0 Å². The molecule has 0 aromatic carbocycles. The number of rotatable bonds is 2. The first-order valence-corrected chi connectivity index (χ1v) is 3.55. The van der Waals surface area contributed by atoms with E-state index in [1.807, 2.05) is 5.32 Å². The third-order valence-corrected chi connectivity index (χ3v) is 1.13. The zero-order valence-electron chi connectivity index (χ0n) is 4.80. The molecule has 1 heterocycles. The molecular formula is C4H4BrNO4. The standard InChI is InChI=1S/C4H4BrNO4/c5-1-9-3-2(7)6-4(8)10-3/h3H,1H2,(H,6,7,8). The molecule has 1 saturated heterocycles. The van der Waals surface area contributed by atoms with E-state index in [1.54, 1.807) is 0 Å². The normalized spacial score (nSPS) is 24.3. The Morgan fingerprint density at radius 3 is 2.80 bits per heavy atom. The van der Waals surface area contributed by atoms with Gasteiger partial charge in [-0.1, -0.05) is 15.9 Å². The van der Waals surface area contributed by atoms with Crippen LogP contribution < -0.4 is 5.32 Å². The lowest BCUT2D eigenvalue weighted by atomic mass is 10.6. The Labute approximate surface area is 64.8 Å². The van der Waals surface area contributed by atoms with E-state index in [0.29, 0.717) is 0 Å². The molecule has 1 fully saturated rings. The van der Waals surface area contributed by atoms with Crippen LogP contribution in [0.3, 0.4) is 0 Å². The van der Waals surface area contributed by atoms with Crippen LogP contribution in [0.1, 0.15) is 0 Å². The van der Waals surface area contributed by atoms with Crippen molar-refractivity contribution in [1.82, 2.24) is 5.32 Å². The third kappa shape index (κ3) is 1.45. The fraction of sp³-hybridized carbons (Fsp3) is 0.500. The van der Waals surface area contributed by atoms with E-state index in [-0.39, 0.29) is 5.52 Å². The van der Waals surface area contributed by atoms with Gasteiger partial charge in [-0.05, 0) is 0 Å².